The van der Waals surface area contributed by atoms with Gasteiger partial charge in [0.2, 0.25) is 0 Å². The van der Waals surface area contributed by atoms with E-state index in [0.717, 1.165) is 5.69 Å². The van der Waals surface area contributed by atoms with E-state index in [1.165, 1.54) is 6.07 Å². The van der Waals surface area contributed by atoms with Gasteiger partial charge in [-0.15, -0.1) is 0 Å². The van der Waals surface area contributed by atoms with Crippen molar-refractivity contribution >= 4 is 5.91 Å². The first-order chi connectivity index (χ1) is 8.70. The normalized spacial score (nSPS) is 10.1. The second kappa shape index (κ2) is 5.33. The molecule has 6 heteroatoms. The van der Waals surface area contributed by atoms with Crippen LogP contribution in [0.15, 0.2) is 34.9 Å². The number of aromatic nitrogens is 1. The van der Waals surface area contributed by atoms with Gasteiger partial charge in [0.05, 0.1) is 5.69 Å². The molecule has 0 unspecified atom stereocenters. The van der Waals surface area contributed by atoms with Crippen molar-refractivity contribution in [3.8, 4) is 5.75 Å². The number of hydrogen-bond acceptors (Lipinski definition) is 5. The Balaban J connectivity index is 2.01. The molecule has 0 bridgehead atoms. The van der Waals surface area contributed by atoms with Crippen molar-refractivity contribution in [3.63, 3.8) is 0 Å². The summed E-state index contributed by atoms with van der Waals surface area (Å²) in [6.07, 6.45) is 1.69. The number of hydrazine groups is 1. The molecule has 2 heterocycles. The molecule has 6 nitrogen and oxygen atoms in total. The van der Waals surface area contributed by atoms with E-state index < -0.39 is 5.91 Å². The van der Waals surface area contributed by atoms with E-state index in [1.807, 2.05) is 18.4 Å². The zero-order chi connectivity index (χ0) is 13.0. The molecule has 0 aliphatic rings. The van der Waals surface area contributed by atoms with Crippen molar-refractivity contribution in [1.82, 2.24) is 10.4 Å². The third kappa shape index (κ3) is 2.67. The van der Waals surface area contributed by atoms with Gasteiger partial charge in [-0.2, -0.15) is 0 Å². The van der Waals surface area contributed by atoms with Crippen LogP contribution < -0.4 is 16.0 Å². The van der Waals surface area contributed by atoms with Gasteiger partial charge in [-0.3, -0.25) is 15.2 Å². The fourth-order valence-corrected chi connectivity index (χ4v) is 1.42. The summed E-state index contributed by atoms with van der Waals surface area (Å²) in [5.74, 6) is 5.90. The number of nitrogen functional groups attached to an aromatic ring is 1. The molecule has 0 radical (unpaired) electrons. The number of carbonyl (C=O) groups is 1. The first kappa shape index (κ1) is 12.1. The van der Waals surface area contributed by atoms with Crippen LogP contribution in [0.4, 0.5) is 0 Å². The molecule has 3 N–H and O–H groups in total. The standard InChI is InChI=1S/C12H13N3O3/c1-8-10(3-2-6-14-8)17-7-9-4-5-11(18-9)12(16)15-13/h2-6H,7,13H2,1H3,(H,15,16). The summed E-state index contributed by atoms with van der Waals surface area (Å²) in [6, 6.07) is 6.81. The van der Waals surface area contributed by atoms with E-state index in [1.54, 1.807) is 18.3 Å². The molecule has 1 amide bonds. The first-order valence-electron chi connectivity index (χ1n) is 5.35. The molecular formula is C12H13N3O3. The Labute approximate surface area is 104 Å². The van der Waals surface area contributed by atoms with Crippen LogP contribution in [0, 0.1) is 6.92 Å². The van der Waals surface area contributed by atoms with E-state index in [9.17, 15) is 4.79 Å². The predicted octanol–water partition coefficient (Wildman–Crippen LogP) is 1.17. The fraction of sp³-hybridized carbons (Fsp3) is 0.167. The Morgan fingerprint density at radius 3 is 3.06 bits per heavy atom. The molecule has 0 fully saturated rings. The summed E-state index contributed by atoms with van der Waals surface area (Å²) in [4.78, 5) is 15.3. The number of aryl methyl sites for hydroxylation is 1. The minimum atomic E-state index is -0.473. The molecule has 94 valence electrons. The maximum absolute atomic E-state index is 11.2. The molecule has 0 aromatic carbocycles. The quantitative estimate of drug-likeness (QED) is 0.480. The Hall–Kier alpha value is -2.34. The maximum Gasteiger partial charge on any atom is 0.300 e. The zero-order valence-electron chi connectivity index (χ0n) is 9.84. The van der Waals surface area contributed by atoms with E-state index in [-0.39, 0.29) is 12.4 Å². The molecule has 0 spiro atoms. The Morgan fingerprint density at radius 2 is 2.33 bits per heavy atom. The molecular weight excluding hydrogens is 234 g/mol. The van der Waals surface area contributed by atoms with Crippen LogP contribution in [0.3, 0.4) is 0 Å². The number of pyridine rings is 1. The van der Waals surface area contributed by atoms with Crippen LogP contribution in [-0.4, -0.2) is 10.9 Å². The SMILES string of the molecule is Cc1ncccc1OCc1ccc(C(=O)NN)o1. The minimum absolute atomic E-state index is 0.152. The second-order valence-electron chi connectivity index (χ2n) is 3.62. The van der Waals surface area contributed by atoms with Gasteiger partial charge in [0.25, 0.3) is 0 Å². The van der Waals surface area contributed by atoms with Crippen molar-refractivity contribution < 1.29 is 13.9 Å². The van der Waals surface area contributed by atoms with Crippen LogP contribution in [0.25, 0.3) is 0 Å². The van der Waals surface area contributed by atoms with Gasteiger partial charge in [0, 0.05) is 6.20 Å². The van der Waals surface area contributed by atoms with Crippen LogP contribution in [0.2, 0.25) is 0 Å². The van der Waals surface area contributed by atoms with E-state index in [2.05, 4.69) is 4.98 Å². The maximum atomic E-state index is 11.2. The summed E-state index contributed by atoms with van der Waals surface area (Å²) in [5.41, 5.74) is 2.79. The van der Waals surface area contributed by atoms with E-state index in [4.69, 9.17) is 15.0 Å². The number of hydrogen-bond donors (Lipinski definition) is 2. The van der Waals surface area contributed by atoms with Gasteiger partial charge in [0.15, 0.2) is 5.76 Å². The monoisotopic (exact) mass is 247 g/mol. The molecule has 2 rings (SSSR count). The van der Waals surface area contributed by atoms with E-state index in [0.29, 0.717) is 11.5 Å². The lowest BCUT2D eigenvalue weighted by atomic mass is 10.3. The molecule has 0 saturated heterocycles. The Morgan fingerprint density at radius 1 is 1.50 bits per heavy atom. The van der Waals surface area contributed by atoms with Crippen LogP contribution >= 0.6 is 0 Å². The number of nitrogens with one attached hydrogen (secondary N) is 1. The number of ether oxygens (including phenoxy) is 1. The highest BCUT2D eigenvalue weighted by Gasteiger charge is 2.10. The van der Waals surface area contributed by atoms with Crippen molar-refractivity contribution in [2.45, 2.75) is 13.5 Å². The lowest BCUT2D eigenvalue weighted by Gasteiger charge is -2.05. The summed E-state index contributed by atoms with van der Waals surface area (Å²) >= 11 is 0. The van der Waals surface area contributed by atoms with Gasteiger partial charge in [-0.25, -0.2) is 5.84 Å². The van der Waals surface area contributed by atoms with E-state index >= 15 is 0 Å². The van der Waals surface area contributed by atoms with Crippen LogP contribution in [0.1, 0.15) is 22.0 Å². The number of amides is 1. The number of nitrogens with zero attached hydrogens (tertiary/aromatic N) is 1. The Bertz CT molecular complexity index is 551. The third-order valence-electron chi connectivity index (χ3n) is 2.34. The van der Waals surface area contributed by atoms with Crippen LogP contribution in [0.5, 0.6) is 5.75 Å². The Kier molecular flexibility index (Phi) is 3.59. The third-order valence-corrected chi connectivity index (χ3v) is 2.34. The highest BCUT2D eigenvalue weighted by molar-refractivity contribution is 5.90. The number of furan rings is 1. The van der Waals surface area contributed by atoms with Crippen molar-refractivity contribution in [3.05, 3.63) is 47.7 Å². The van der Waals surface area contributed by atoms with Crippen molar-refractivity contribution in [2.24, 2.45) is 5.84 Å². The van der Waals surface area contributed by atoms with Crippen LogP contribution in [-0.2, 0) is 6.61 Å². The van der Waals surface area contributed by atoms with Crippen molar-refractivity contribution in [1.29, 1.82) is 0 Å². The second-order valence-corrected chi connectivity index (χ2v) is 3.62. The number of rotatable bonds is 4. The van der Waals surface area contributed by atoms with Gasteiger partial charge in [-0.05, 0) is 31.2 Å². The summed E-state index contributed by atoms with van der Waals surface area (Å²) in [7, 11) is 0. The van der Waals surface area contributed by atoms with Gasteiger partial charge in [0.1, 0.15) is 18.1 Å². The molecule has 2 aromatic rings. The number of carbonyl (C=O) groups excluding carboxylic acids is 1. The topological polar surface area (TPSA) is 90.4 Å². The van der Waals surface area contributed by atoms with Gasteiger partial charge >= 0.3 is 5.91 Å². The zero-order valence-corrected chi connectivity index (χ0v) is 9.84. The predicted molar refractivity (Wildman–Crippen MR) is 63.7 cm³/mol. The van der Waals surface area contributed by atoms with Gasteiger partial charge in [-0.1, -0.05) is 0 Å². The minimum Gasteiger partial charge on any atom is -0.484 e. The molecule has 0 saturated carbocycles. The molecule has 0 aliphatic carbocycles. The lowest BCUT2D eigenvalue weighted by Crippen LogP contribution is -2.29. The van der Waals surface area contributed by atoms with Gasteiger partial charge < -0.3 is 9.15 Å². The number of nitrogens with two attached hydrogens (primary N) is 1. The van der Waals surface area contributed by atoms with Crippen molar-refractivity contribution in [2.75, 3.05) is 0 Å². The average molecular weight is 247 g/mol. The first-order valence-corrected chi connectivity index (χ1v) is 5.35. The lowest BCUT2D eigenvalue weighted by molar-refractivity contribution is 0.0922. The summed E-state index contributed by atoms with van der Waals surface area (Å²) < 4.78 is 10.8. The molecule has 18 heavy (non-hydrogen) atoms. The molecule has 0 atom stereocenters. The average Bonchev–Trinajstić information content (AvgIpc) is 2.86. The summed E-state index contributed by atoms with van der Waals surface area (Å²) in [5, 5.41) is 0. The summed E-state index contributed by atoms with van der Waals surface area (Å²) in [6.45, 7) is 2.08. The smallest absolute Gasteiger partial charge is 0.300 e. The molecule has 2 aromatic heterocycles. The largest absolute Gasteiger partial charge is 0.484 e. The molecule has 0 aliphatic heterocycles. The fourth-order valence-electron chi connectivity index (χ4n) is 1.42. The highest BCUT2D eigenvalue weighted by atomic mass is 16.5. The highest BCUT2D eigenvalue weighted by Crippen LogP contribution is 2.16.